The van der Waals surface area contributed by atoms with Crippen molar-refractivity contribution in [2.24, 2.45) is 13.0 Å². The van der Waals surface area contributed by atoms with E-state index in [1.165, 1.54) is 4.90 Å². The number of benzene rings is 1. The summed E-state index contributed by atoms with van der Waals surface area (Å²) in [7, 11) is 3.53. The Balaban J connectivity index is 1.62. The van der Waals surface area contributed by atoms with Crippen LogP contribution in [0.4, 0.5) is 0 Å². The smallest absolute Gasteiger partial charge is 0.314 e. The van der Waals surface area contributed by atoms with Crippen LogP contribution >= 0.6 is 12.2 Å². The van der Waals surface area contributed by atoms with Crippen molar-refractivity contribution in [2.75, 3.05) is 26.8 Å². The zero-order chi connectivity index (χ0) is 20.8. The third-order valence-electron chi connectivity index (χ3n) is 5.17. The van der Waals surface area contributed by atoms with Crippen molar-refractivity contribution in [3.05, 3.63) is 34.9 Å². The van der Waals surface area contributed by atoms with Crippen LogP contribution in [0, 0.1) is 10.7 Å². The second kappa shape index (κ2) is 9.89. The summed E-state index contributed by atoms with van der Waals surface area (Å²) in [5.41, 5.74) is 0. The van der Waals surface area contributed by atoms with E-state index in [2.05, 4.69) is 5.10 Å². The number of piperidine rings is 1. The molecule has 2 aromatic rings. The van der Waals surface area contributed by atoms with Crippen molar-refractivity contribution < 1.29 is 23.9 Å². The van der Waals surface area contributed by atoms with Gasteiger partial charge in [0.05, 0.1) is 26.8 Å². The van der Waals surface area contributed by atoms with E-state index >= 15 is 0 Å². The van der Waals surface area contributed by atoms with Crippen LogP contribution in [-0.2, 0) is 29.9 Å². The molecule has 0 aliphatic carbocycles. The average Bonchev–Trinajstić information content (AvgIpc) is 3.01. The van der Waals surface area contributed by atoms with Crippen molar-refractivity contribution in [3.63, 3.8) is 0 Å². The molecule has 1 saturated heterocycles. The lowest BCUT2D eigenvalue weighted by Gasteiger charge is -2.28. The quantitative estimate of drug-likeness (QED) is 0.513. The number of hydrogen-bond donors (Lipinski definition) is 1. The molecule has 158 valence electrons. The molecule has 1 fully saturated rings. The molecule has 1 aliphatic rings. The molecule has 0 spiro atoms. The van der Waals surface area contributed by atoms with Crippen molar-refractivity contribution >= 4 is 18.2 Å². The summed E-state index contributed by atoms with van der Waals surface area (Å²) >= 11 is 5.56. The van der Waals surface area contributed by atoms with Crippen molar-refractivity contribution in [3.8, 4) is 11.5 Å². The number of esters is 1. The number of rotatable bonds is 8. The second-order valence-electron chi connectivity index (χ2n) is 7.17. The number of nitrogens with zero attached hydrogens (tertiary/aromatic N) is 3. The molecule has 1 aliphatic heterocycles. The Labute approximate surface area is 176 Å². The normalized spacial score (nSPS) is 19.0. The Hall–Kier alpha value is -2.39. The molecule has 2 heterocycles. The first kappa shape index (κ1) is 21.3. The van der Waals surface area contributed by atoms with E-state index in [0.29, 0.717) is 24.7 Å². The highest BCUT2D eigenvalue weighted by atomic mass is 32.1. The van der Waals surface area contributed by atoms with Gasteiger partial charge in [0, 0.05) is 7.05 Å². The standard InChI is InChI=1S/C20H28N4O4S/c1-4-27-19(25)15-6-5-11-23(12-15)14-24-20(29)22(2)18(21-24)13-28-17-9-7-16(26-3)8-10-17/h7-10,15H,4-6,11-14H2,1-3H3/p+1/t15-/m1/s1. The van der Waals surface area contributed by atoms with E-state index < -0.39 is 0 Å². The predicted octanol–water partition coefficient (Wildman–Crippen LogP) is 1.35. The third-order valence-corrected chi connectivity index (χ3v) is 5.65. The fraction of sp³-hybridized carbons (Fsp3) is 0.550. The molecule has 2 atom stereocenters. The number of carbonyl (C=O) groups excluding carboxylic acids is 1. The van der Waals surface area contributed by atoms with E-state index in [0.717, 1.165) is 43.3 Å². The summed E-state index contributed by atoms with van der Waals surface area (Å²) in [6.45, 7) is 4.95. The van der Waals surface area contributed by atoms with Gasteiger partial charge in [-0.05, 0) is 56.2 Å². The maximum Gasteiger partial charge on any atom is 0.314 e. The van der Waals surface area contributed by atoms with Gasteiger partial charge in [0.25, 0.3) is 0 Å². The number of aromatic nitrogens is 3. The van der Waals surface area contributed by atoms with Gasteiger partial charge in [0.15, 0.2) is 12.5 Å². The molecule has 0 saturated carbocycles. The zero-order valence-electron chi connectivity index (χ0n) is 17.2. The summed E-state index contributed by atoms with van der Waals surface area (Å²) in [5.74, 6) is 2.14. The third kappa shape index (κ3) is 5.36. The summed E-state index contributed by atoms with van der Waals surface area (Å²) in [4.78, 5) is 13.4. The van der Waals surface area contributed by atoms with E-state index in [1.807, 2.05) is 47.5 Å². The molecule has 9 heteroatoms. The van der Waals surface area contributed by atoms with Gasteiger partial charge in [-0.25, -0.2) is 0 Å². The molecule has 1 N–H and O–H groups in total. The largest absolute Gasteiger partial charge is 0.497 e. The summed E-state index contributed by atoms with van der Waals surface area (Å²) < 4.78 is 20.5. The molecular weight excluding hydrogens is 392 g/mol. The number of nitrogens with one attached hydrogen (secondary N) is 1. The second-order valence-corrected chi connectivity index (χ2v) is 7.54. The number of quaternary nitrogens is 1. The van der Waals surface area contributed by atoms with Crippen LogP contribution in [-0.4, -0.2) is 47.1 Å². The van der Waals surface area contributed by atoms with Crippen LogP contribution in [0.1, 0.15) is 25.6 Å². The van der Waals surface area contributed by atoms with Gasteiger partial charge in [-0.1, -0.05) is 0 Å². The first-order chi connectivity index (χ1) is 14.0. The molecule has 1 aromatic heterocycles. The summed E-state index contributed by atoms with van der Waals surface area (Å²) in [6, 6.07) is 7.42. The van der Waals surface area contributed by atoms with Crippen LogP contribution in [0.2, 0.25) is 0 Å². The lowest BCUT2D eigenvalue weighted by molar-refractivity contribution is -0.930. The first-order valence-corrected chi connectivity index (χ1v) is 10.3. The molecule has 3 rings (SSSR count). The summed E-state index contributed by atoms with van der Waals surface area (Å²) in [6.07, 6.45) is 1.88. The Morgan fingerprint density at radius 2 is 2.03 bits per heavy atom. The first-order valence-electron chi connectivity index (χ1n) is 9.91. The Kier molecular flexibility index (Phi) is 7.27. The minimum absolute atomic E-state index is 0.0468. The van der Waals surface area contributed by atoms with E-state index in [4.69, 9.17) is 26.4 Å². The Morgan fingerprint density at radius 3 is 2.72 bits per heavy atom. The van der Waals surface area contributed by atoms with Gasteiger partial charge in [-0.2, -0.15) is 4.68 Å². The molecule has 0 amide bonds. The highest BCUT2D eigenvalue weighted by Crippen LogP contribution is 2.18. The van der Waals surface area contributed by atoms with Crippen LogP contribution in [0.15, 0.2) is 24.3 Å². The Morgan fingerprint density at radius 1 is 1.31 bits per heavy atom. The number of carbonyl (C=O) groups is 1. The fourth-order valence-corrected chi connectivity index (χ4v) is 3.76. The molecule has 29 heavy (non-hydrogen) atoms. The van der Waals surface area contributed by atoms with Crippen LogP contribution in [0.5, 0.6) is 11.5 Å². The lowest BCUT2D eigenvalue weighted by Crippen LogP contribution is -3.13. The molecule has 0 radical (unpaired) electrons. The molecule has 0 bridgehead atoms. The van der Waals surface area contributed by atoms with Crippen LogP contribution in [0.25, 0.3) is 0 Å². The van der Waals surface area contributed by atoms with Crippen molar-refractivity contribution in [1.29, 1.82) is 0 Å². The average molecular weight is 422 g/mol. The molecule has 1 aromatic carbocycles. The predicted molar refractivity (Wildman–Crippen MR) is 109 cm³/mol. The van der Waals surface area contributed by atoms with Gasteiger partial charge in [-0.3, -0.25) is 4.79 Å². The Bertz CT molecular complexity index is 878. The topological polar surface area (TPSA) is 72.0 Å². The van der Waals surface area contributed by atoms with Gasteiger partial charge >= 0.3 is 5.97 Å². The maximum absolute atomic E-state index is 12.1. The van der Waals surface area contributed by atoms with Crippen molar-refractivity contribution in [2.45, 2.75) is 33.0 Å². The number of ether oxygens (including phenoxy) is 3. The van der Waals surface area contributed by atoms with Crippen LogP contribution in [0.3, 0.4) is 0 Å². The zero-order valence-corrected chi connectivity index (χ0v) is 18.0. The highest BCUT2D eigenvalue weighted by Gasteiger charge is 2.30. The number of methoxy groups -OCH3 is 1. The highest BCUT2D eigenvalue weighted by molar-refractivity contribution is 7.71. The summed E-state index contributed by atoms with van der Waals surface area (Å²) in [5, 5.41) is 4.65. The number of hydrogen-bond acceptors (Lipinski definition) is 6. The van der Waals surface area contributed by atoms with Gasteiger partial charge in [0.1, 0.15) is 24.0 Å². The SMILES string of the molecule is CCOC(=O)[C@@H]1CCC[NH+](Cn2nc(COc3ccc(OC)cc3)n(C)c2=S)C1. The minimum atomic E-state index is -0.0945. The van der Waals surface area contributed by atoms with E-state index in [9.17, 15) is 4.79 Å². The molecule has 1 unspecified atom stereocenters. The maximum atomic E-state index is 12.1. The molecular formula is C20H29N4O4S+. The number of likely N-dealkylation sites (tertiary alicyclic amines) is 1. The minimum Gasteiger partial charge on any atom is -0.497 e. The fourth-order valence-electron chi connectivity index (χ4n) is 3.55. The van der Waals surface area contributed by atoms with Gasteiger partial charge in [-0.15, -0.1) is 5.10 Å². The van der Waals surface area contributed by atoms with E-state index in [1.54, 1.807) is 7.11 Å². The van der Waals surface area contributed by atoms with Crippen molar-refractivity contribution in [1.82, 2.24) is 14.3 Å². The van der Waals surface area contributed by atoms with Crippen LogP contribution < -0.4 is 14.4 Å². The van der Waals surface area contributed by atoms with Gasteiger partial charge in [0.2, 0.25) is 4.77 Å². The molecule has 8 nitrogen and oxygen atoms in total. The van der Waals surface area contributed by atoms with E-state index in [-0.39, 0.29) is 11.9 Å². The lowest BCUT2D eigenvalue weighted by atomic mass is 9.99. The monoisotopic (exact) mass is 421 g/mol. The van der Waals surface area contributed by atoms with Gasteiger partial charge < -0.3 is 23.7 Å².